The molecule has 1 atom stereocenters. The van der Waals surface area contributed by atoms with E-state index in [0.29, 0.717) is 18.8 Å². The second-order valence-electron chi connectivity index (χ2n) is 2.80. The van der Waals surface area contributed by atoms with Crippen LogP contribution >= 0.6 is 0 Å². The van der Waals surface area contributed by atoms with Gasteiger partial charge in [-0.2, -0.15) is 0 Å². The zero-order chi connectivity index (χ0) is 9.10. The van der Waals surface area contributed by atoms with E-state index in [-0.39, 0.29) is 12.1 Å². The number of epoxide rings is 1. The van der Waals surface area contributed by atoms with E-state index in [4.69, 9.17) is 9.47 Å². The number of esters is 1. The van der Waals surface area contributed by atoms with E-state index in [0.717, 1.165) is 0 Å². The number of ether oxygens (including phenoxy) is 2. The highest BCUT2D eigenvalue weighted by Gasteiger charge is 2.24. The Hall–Kier alpha value is -1.42. The summed E-state index contributed by atoms with van der Waals surface area (Å²) in [4.78, 5) is 15.1. The molecule has 1 aliphatic heterocycles. The molecule has 1 aromatic heterocycles. The van der Waals surface area contributed by atoms with Crippen molar-refractivity contribution in [2.75, 3.05) is 13.2 Å². The minimum Gasteiger partial charge on any atom is -0.459 e. The molecule has 4 nitrogen and oxygen atoms in total. The molecule has 0 unspecified atom stereocenters. The number of rotatable bonds is 3. The van der Waals surface area contributed by atoms with Gasteiger partial charge in [0.2, 0.25) is 0 Å². The zero-order valence-electron chi connectivity index (χ0n) is 6.97. The van der Waals surface area contributed by atoms with Crippen molar-refractivity contribution in [2.45, 2.75) is 6.10 Å². The topological polar surface area (TPSA) is 51.7 Å². The van der Waals surface area contributed by atoms with Crippen molar-refractivity contribution >= 4 is 5.97 Å². The SMILES string of the molecule is O=C(OC[C@@H]1CO1)c1cccnc1. The van der Waals surface area contributed by atoms with Crippen molar-refractivity contribution in [2.24, 2.45) is 0 Å². The van der Waals surface area contributed by atoms with Crippen molar-refractivity contribution in [1.82, 2.24) is 4.98 Å². The lowest BCUT2D eigenvalue weighted by atomic mass is 10.3. The van der Waals surface area contributed by atoms with Gasteiger partial charge >= 0.3 is 5.97 Å². The molecule has 0 bridgehead atoms. The van der Waals surface area contributed by atoms with Crippen molar-refractivity contribution in [3.05, 3.63) is 30.1 Å². The molecule has 0 amide bonds. The van der Waals surface area contributed by atoms with Gasteiger partial charge in [0.25, 0.3) is 0 Å². The molecule has 0 saturated carbocycles. The quantitative estimate of drug-likeness (QED) is 0.504. The third-order valence-corrected chi connectivity index (χ3v) is 1.70. The van der Waals surface area contributed by atoms with Crippen molar-refractivity contribution in [3.63, 3.8) is 0 Å². The molecule has 0 spiro atoms. The number of hydrogen-bond donors (Lipinski definition) is 0. The monoisotopic (exact) mass is 179 g/mol. The first-order valence-corrected chi connectivity index (χ1v) is 4.05. The van der Waals surface area contributed by atoms with Crippen LogP contribution in [-0.4, -0.2) is 30.3 Å². The van der Waals surface area contributed by atoms with Crippen molar-refractivity contribution < 1.29 is 14.3 Å². The predicted molar refractivity (Wildman–Crippen MR) is 44.3 cm³/mol. The van der Waals surface area contributed by atoms with E-state index in [9.17, 15) is 4.79 Å². The summed E-state index contributed by atoms with van der Waals surface area (Å²) < 4.78 is 9.85. The Morgan fingerprint density at radius 1 is 1.77 bits per heavy atom. The molecule has 0 radical (unpaired) electrons. The van der Waals surface area contributed by atoms with Crippen LogP contribution in [0.3, 0.4) is 0 Å². The minimum atomic E-state index is -0.344. The zero-order valence-corrected chi connectivity index (χ0v) is 6.97. The predicted octanol–water partition coefficient (Wildman–Crippen LogP) is 0.637. The molecule has 0 N–H and O–H groups in total. The first-order chi connectivity index (χ1) is 6.36. The molecule has 1 fully saturated rings. The van der Waals surface area contributed by atoms with Gasteiger partial charge in [0.05, 0.1) is 12.2 Å². The molecule has 13 heavy (non-hydrogen) atoms. The van der Waals surface area contributed by atoms with E-state index in [1.165, 1.54) is 6.20 Å². The van der Waals surface area contributed by atoms with Gasteiger partial charge < -0.3 is 9.47 Å². The summed E-state index contributed by atoms with van der Waals surface area (Å²) in [6, 6.07) is 3.37. The second kappa shape index (κ2) is 3.53. The molecular weight excluding hydrogens is 170 g/mol. The van der Waals surface area contributed by atoms with Gasteiger partial charge in [-0.15, -0.1) is 0 Å². The highest BCUT2D eigenvalue weighted by molar-refractivity contribution is 5.88. The fraction of sp³-hybridized carbons (Fsp3) is 0.333. The molecule has 0 aromatic carbocycles. The van der Waals surface area contributed by atoms with E-state index in [2.05, 4.69) is 4.98 Å². The standard InChI is InChI=1S/C9H9NO3/c11-9(13-6-8-5-12-8)7-2-1-3-10-4-7/h1-4,8H,5-6H2/t8-/m0/s1. The summed E-state index contributed by atoms with van der Waals surface area (Å²) in [5, 5.41) is 0. The van der Waals surface area contributed by atoms with Gasteiger partial charge in [0.1, 0.15) is 12.7 Å². The third kappa shape index (κ3) is 2.26. The molecule has 0 aliphatic carbocycles. The lowest BCUT2D eigenvalue weighted by Crippen LogP contribution is -2.09. The van der Waals surface area contributed by atoms with Crippen LogP contribution in [0, 0.1) is 0 Å². The van der Waals surface area contributed by atoms with Gasteiger partial charge in [-0.25, -0.2) is 4.79 Å². The molecule has 1 aliphatic rings. The van der Waals surface area contributed by atoms with Gasteiger partial charge in [0.15, 0.2) is 0 Å². The number of carbonyl (C=O) groups excluding carboxylic acids is 1. The smallest absolute Gasteiger partial charge is 0.339 e. The van der Waals surface area contributed by atoms with E-state index in [1.807, 2.05) is 0 Å². The van der Waals surface area contributed by atoms with Crippen LogP contribution < -0.4 is 0 Å². The number of carbonyl (C=O) groups is 1. The van der Waals surface area contributed by atoms with E-state index < -0.39 is 0 Å². The molecule has 2 heterocycles. The number of hydrogen-bond acceptors (Lipinski definition) is 4. The van der Waals surface area contributed by atoms with Crippen LogP contribution in [0.25, 0.3) is 0 Å². The maximum absolute atomic E-state index is 11.3. The molecule has 1 aromatic rings. The van der Waals surface area contributed by atoms with E-state index >= 15 is 0 Å². The van der Waals surface area contributed by atoms with Gasteiger partial charge in [-0.05, 0) is 12.1 Å². The highest BCUT2D eigenvalue weighted by atomic mass is 16.6. The molecule has 68 valence electrons. The van der Waals surface area contributed by atoms with Crippen molar-refractivity contribution in [1.29, 1.82) is 0 Å². The van der Waals surface area contributed by atoms with Crippen LogP contribution in [0.5, 0.6) is 0 Å². The maximum atomic E-state index is 11.3. The average molecular weight is 179 g/mol. The Balaban J connectivity index is 1.89. The Labute approximate surface area is 75.5 Å². The van der Waals surface area contributed by atoms with Crippen LogP contribution in [-0.2, 0) is 9.47 Å². The van der Waals surface area contributed by atoms with E-state index in [1.54, 1.807) is 18.3 Å². The van der Waals surface area contributed by atoms with Gasteiger partial charge in [-0.1, -0.05) is 0 Å². The number of pyridine rings is 1. The fourth-order valence-corrected chi connectivity index (χ4v) is 0.900. The maximum Gasteiger partial charge on any atom is 0.339 e. The van der Waals surface area contributed by atoms with Crippen LogP contribution in [0.2, 0.25) is 0 Å². The van der Waals surface area contributed by atoms with Gasteiger partial charge in [0, 0.05) is 12.4 Å². The summed E-state index contributed by atoms with van der Waals surface area (Å²) >= 11 is 0. The largest absolute Gasteiger partial charge is 0.459 e. The minimum absolute atomic E-state index is 0.112. The molecule has 2 rings (SSSR count). The lowest BCUT2D eigenvalue weighted by molar-refractivity contribution is 0.0476. The summed E-state index contributed by atoms with van der Waals surface area (Å²) in [5.41, 5.74) is 0.475. The van der Waals surface area contributed by atoms with Crippen LogP contribution in [0.4, 0.5) is 0 Å². The molecule has 4 heteroatoms. The van der Waals surface area contributed by atoms with Crippen LogP contribution in [0.15, 0.2) is 24.5 Å². The fourth-order valence-electron chi connectivity index (χ4n) is 0.900. The van der Waals surface area contributed by atoms with Crippen LogP contribution in [0.1, 0.15) is 10.4 Å². The molecule has 1 saturated heterocycles. The van der Waals surface area contributed by atoms with Crippen molar-refractivity contribution in [3.8, 4) is 0 Å². The summed E-state index contributed by atoms with van der Waals surface area (Å²) in [5.74, 6) is -0.344. The Kier molecular flexibility index (Phi) is 2.23. The number of nitrogens with zero attached hydrogens (tertiary/aromatic N) is 1. The Morgan fingerprint density at radius 2 is 2.62 bits per heavy atom. The lowest BCUT2D eigenvalue weighted by Gasteiger charge is -2.00. The molecular formula is C9H9NO3. The Morgan fingerprint density at radius 3 is 3.23 bits per heavy atom. The average Bonchev–Trinajstić information content (AvgIpc) is 2.99. The third-order valence-electron chi connectivity index (χ3n) is 1.70. The van der Waals surface area contributed by atoms with Gasteiger partial charge in [-0.3, -0.25) is 4.98 Å². The second-order valence-corrected chi connectivity index (χ2v) is 2.80. The summed E-state index contributed by atoms with van der Waals surface area (Å²) in [7, 11) is 0. The Bertz CT molecular complexity index is 295. The summed E-state index contributed by atoms with van der Waals surface area (Å²) in [6.07, 6.45) is 3.21. The first kappa shape index (κ1) is 8.19. The summed E-state index contributed by atoms with van der Waals surface area (Å²) in [6.45, 7) is 1.04. The highest BCUT2D eigenvalue weighted by Crippen LogP contribution is 2.09. The first-order valence-electron chi connectivity index (χ1n) is 4.05. The number of aromatic nitrogens is 1. The normalized spacial score (nSPS) is 19.5.